The molecule has 1 aliphatic heterocycles. The molecule has 3 aromatic rings. The molecule has 4 rings (SSSR count). The minimum atomic E-state index is -0.568. The number of benzene rings is 1. The van der Waals surface area contributed by atoms with E-state index < -0.39 is 5.82 Å². The number of anilines is 1. The number of aryl methyl sites for hydroxylation is 1. The molecule has 26 heavy (non-hydrogen) atoms. The van der Waals surface area contributed by atoms with Gasteiger partial charge in [-0.15, -0.1) is 0 Å². The average molecular weight is 351 g/mol. The number of hydrogen-bond acceptors (Lipinski definition) is 7. The lowest BCUT2D eigenvalue weighted by Gasteiger charge is -2.28. The van der Waals surface area contributed by atoms with Crippen LogP contribution in [0.5, 0.6) is 0 Å². The molecule has 0 saturated carbocycles. The summed E-state index contributed by atoms with van der Waals surface area (Å²) in [5.74, 6) is 0.865. The number of fused-ring (bicyclic) bond motifs is 1. The van der Waals surface area contributed by atoms with Gasteiger partial charge in [-0.3, -0.25) is 4.79 Å². The first-order valence-corrected chi connectivity index (χ1v) is 8.17. The summed E-state index contributed by atoms with van der Waals surface area (Å²) < 4.78 is 19.7. The summed E-state index contributed by atoms with van der Waals surface area (Å²) in [5.41, 5.74) is 0.929. The number of ketones is 1. The molecule has 7 nitrogen and oxygen atoms in total. The van der Waals surface area contributed by atoms with Gasteiger partial charge < -0.3 is 9.42 Å². The highest BCUT2D eigenvalue weighted by Gasteiger charge is 2.24. The lowest BCUT2D eigenvalue weighted by atomic mass is 10.1. The van der Waals surface area contributed by atoms with E-state index in [0.717, 1.165) is 6.07 Å². The van der Waals surface area contributed by atoms with Crippen LogP contribution < -0.4 is 4.90 Å². The van der Waals surface area contributed by atoms with Gasteiger partial charge in [0.2, 0.25) is 0 Å². The van der Waals surface area contributed by atoms with E-state index in [0.29, 0.717) is 48.5 Å². The molecular formula is C18H14FN5O2. The molecule has 0 aliphatic carbocycles. The molecule has 0 unspecified atom stereocenters. The third kappa shape index (κ3) is 2.77. The third-order valence-corrected chi connectivity index (χ3v) is 4.36. The van der Waals surface area contributed by atoms with Crippen LogP contribution in [0.2, 0.25) is 0 Å². The number of Topliss-reactive ketones (excluding diaryl/α,β-unsaturated/α-hetero) is 1. The van der Waals surface area contributed by atoms with Crippen LogP contribution in [0.3, 0.4) is 0 Å². The van der Waals surface area contributed by atoms with Crippen LogP contribution in [0.4, 0.5) is 10.2 Å². The van der Waals surface area contributed by atoms with Crippen molar-refractivity contribution in [3.63, 3.8) is 0 Å². The molecule has 3 heterocycles. The molecule has 0 radical (unpaired) electrons. The van der Waals surface area contributed by atoms with Crippen molar-refractivity contribution in [3.8, 4) is 17.5 Å². The van der Waals surface area contributed by atoms with Crippen molar-refractivity contribution in [2.75, 3.05) is 18.0 Å². The van der Waals surface area contributed by atoms with Gasteiger partial charge in [-0.25, -0.2) is 9.37 Å². The molecule has 1 aliphatic rings. The van der Waals surface area contributed by atoms with E-state index in [9.17, 15) is 9.18 Å². The SMILES string of the molecule is Cc1noc(-c2cc3cc(C#N)cc(F)c3nc2N2CCC(=O)CC2)n1. The molecule has 2 aromatic heterocycles. The minimum Gasteiger partial charge on any atom is -0.355 e. The number of pyridine rings is 1. The fourth-order valence-corrected chi connectivity index (χ4v) is 3.07. The Morgan fingerprint density at radius 1 is 1.23 bits per heavy atom. The van der Waals surface area contributed by atoms with Crippen LogP contribution in [0.1, 0.15) is 24.2 Å². The normalized spacial score (nSPS) is 14.7. The zero-order chi connectivity index (χ0) is 18.3. The number of nitriles is 1. The van der Waals surface area contributed by atoms with Crippen molar-refractivity contribution in [1.82, 2.24) is 15.1 Å². The number of rotatable bonds is 2. The molecule has 8 heteroatoms. The zero-order valence-electron chi connectivity index (χ0n) is 14.0. The first kappa shape index (κ1) is 16.1. The lowest BCUT2D eigenvalue weighted by Crippen LogP contribution is -2.34. The van der Waals surface area contributed by atoms with Crippen molar-refractivity contribution in [1.29, 1.82) is 5.26 Å². The van der Waals surface area contributed by atoms with E-state index in [2.05, 4.69) is 15.1 Å². The van der Waals surface area contributed by atoms with Gasteiger partial charge in [0.05, 0.1) is 17.2 Å². The topological polar surface area (TPSA) is 95.9 Å². The third-order valence-electron chi connectivity index (χ3n) is 4.36. The van der Waals surface area contributed by atoms with E-state index in [1.807, 2.05) is 11.0 Å². The molecule has 0 N–H and O–H groups in total. The molecule has 0 amide bonds. The average Bonchev–Trinajstić information content (AvgIpc) is 3.07. The van der Waals surface area contributed by atoms with Crippen LogP contribution >= 0.6 is 0 Å². The molecular weight excluding hydrogens is 337 g/mol. The van der Waals surface area contributed by atoms with Gasteiger partial charge in [-0.1, -0.05) is 5.16 Å². The molecule has 130 valence electrons. The van der Waals surface area contributed by atoms with Crippen LogP contribution in [-0.2, 0) is 4.79 Å². The molecule has 1 saturated heterocycles. The summed E-state index contributed by atoms with van der Waals surface area (Å²) in [6.07, 6.45) is 0.829. The minimum absolute atomic E-state index is 0.163. The first-order chi connectivity index (χ1) is 12.5. The van der Waals surface area contributed by atoms with E-state index in [4.69, 9.17) is 9.78 Å². The molecule has 1 aromatic carbocycles. The monoisotopic (exact) mass is 351 g/mol. The molecule has 0 spiro atoms. The van der Waals surface area contributed by atoms with E-state index in [1.54, 1.807) is 19.1 Å². The summed E-state index contributed by atoms with van der Waals surface area (Å²) in [6.45, 7) is 2.69. The molecule has 0 atom stereocenters. The van der Waals surface area contributed by atoms with Gasteiger partial charge >= 0.3 is 0 Å². The Kier molecular flexibility index (Phi) is 3.84. The Hall–Kier alpha value is -3.34. The van der Waals surface area contributed by atoms with Crippen molar-refractivity contribution in [2.45, 2.75) is 19.8 Å². The summed E-state index contributed by atoms with van der Waals surface area (Å²) in [4.78, 5) is 22.2. The standard InChI is InChI=1S/C18H14FN5O2/c1-10-21-18(26-23-10)14-8-12-6-11(9-20)7-15(19)16(12)22-17(14)24-4-2-13(25)3-5-24/h6-8H,2-5H2,1H3. The smallest absolute Gasteiger partial charge is 0.261 e. The van der Waals surface area contributed by atoms with Crippen LogP contribution in [0.25, 0.3) is 22.4 Å². The second-order valence-corrected chi connectivity index (χ2v) is 6.17. The Bertz CT molecular complexity index is 1060. The number of nitrogens with zero attached hydrogens (tertiary/aromatic N) is 5. The molecule has 0 bridgehead atoms. The van der Waals surface area contributed by atoms with Crippen molar-refractivity contribution < 1.29 is 13.7 Å². The number of carbonyl (C=O) groups excluding carboxylic acids is 1. The van der Waals surface area contributed by atoms with Crippen molar-refractivity contribution in [3.05, 3.63) is 35.4 Å². The Labute approximate surface area is 148 Å². The van der Waals surface area contributed by atoms with E-state index in [-0.39, 0.29) is 22.8 Å². The van der Waals surface area contributed by atoms with Gasteiger partial charge in [0, 0.05) is 31.3 Å². The summed E-state index contributed by atoms with van der Waals surface area (Å²) in [7, 11) is 0. The zero-order valence-corrected chi connectivity index (χ0v) is 14.0. The Morgan fingerprint density at radius 3 is 2.65 bits per heavy atom. The maximum absolute atomic E-state index is 14.4. The summed E-state index contributed by atoms with van der Waals surface area (Å²) in [6, 6.07) is 6.37. The van der Waals surface area contributed by atoms with Crippen LogP contribution in [-0.4, -0.2) is 34.0 Å². The fourth-order valence-electron chi connectivity index (χ4n) is 3.07. The van der Waals surface area contributed by atoms with Crippen LogP contribution in [0, 0.1) is 24.1 Å². The van der Waals surface area contributed by atoms with Crippen molar-refractivity contribution in [2.24, 2.45) is 0 Å². The number of carbonyl (C=O) groups is 1. The van der Waals surface area contributed by atoms with E-state index >= 15 is 0 Å². The maximum atomic E-state index is 14.4. The van der Waals surface area contributed by atoms with Gasteiger partial charge in [0.15, 0.2) is 11.6 Å². The highest BCUT2D eigenvalue weighted by molar-refractivity contribution is 5.90. The lowest BCUT2D eigenvalue weighted by molar-refractivity contribution is -0.119. The predicted molar refractivity (Wildman–Crippen MR) is 90.9 cm³/mol. The highest BCUT2D eigenvalue weighted by Crippen LogP contribution is 2.33. The predicted octanol–water partition coefficient (Wildman–Crippen LogP) is 2.77. The quantitative estimate of drug-likeness (QED) is 0.700. The highest BCUT2D eigenvalue weighted by atomic mass is 19.1. The second-order valence-electron chi connectivity index (χ2n) is 6.17. The molecule has 1 fully saturated rings. The van der Waals surface area contributed by atoms with Gasteiger partial charge in [0.25, 0.3) is 5.89 Å². The van der Waals surface area contributed by atoms with Crippen molar-refractivity contribution >= 4 is 22.5 Å². The Balaban J connectivity index is 1.94. The van der Waals surface area contributed by atoms with Gasteiger partial charge in [-0.05, 0) is 25.1 Å². The number of aromatic nitrogens is 3. The number of piperidine rings is 1. The second kappa shape index (κ2) is 6.19. The van der Waals surface area contributed by atoms with E-state index in [1.165, 1.54) is 0 Å². The number of halogens is 1. The van der Waals surface area contributed by atoms with Crippen LogP contribution in [0.15, 0.2) is 22.7 Å². The van der Waals surface area contributed by atoms with Gasteiger partial charge in [-0.2, -0.15) is 10.2 Å². The number of hydrogen-bond donors (Lipinski definition) is 0. The Morgan fingerprint density at radius 2 is 2.00 bits per heavy atom. The maximum Gasteiger partial charge on any atom is 0.261 e. The first-order valence-electron chi connectivity index (χ1n) is 8.17. The van der Waals surface area contributed by atoms with Gasteiger partial charge in [0.1, 0.15) is 17.1 Å². The fraction of sp³-hybridized carbons (Fsp3) is 0.278. The largest absolute Gasteiger partial charge is 0.355 e. The summed E-state index contributed by atoms with van der Waals surface area (Å²) in [5, 5.41) is 13.4. The summed E-state index contributed by atoms with van der Waals surface area (Å²) >= 11 is 0.